The first-order valence-electron chi connectivity index (χ1n) is 11.1. The van der Waals surface area contributed by atoms with E-state index in [1.54, 1.807) is 4.90 Å². The molecule has 0 aliphatic carbocycles. The van der Waals surface area contributed by atoms with Crippen LogP contribution < -0.4 is 9.64 Å². The van der Waals surface area contributed by atoms with E-state index < -0.39 is 38.2 Å². The molecule has 0 bridgehead atoms. The third-order valence-electron chi connectivity index (χ3n) is 6.11. The average Bonchev–Trinajstić information content (AvgIpc) is 3.38. The maximum atomic E-state index is 14.4. The highest BCUT2D eigenvalue weighted by molar-refractivity contribution is 7.90. The molecule has 2 aromatic rings. The van der Waals surface area contributed by atoms with Crippen molar-refractivity contribution in [3.63, 3.8) is 0 Å². The van der Waals surface area contributed by atoms with Gasteiger partial charge >= 0.3 is 0 Å². The lowest BCUT2D eigenvalue weighted by molar-refractivity contribution is -0.135. The second kappa shape index (κ2) is 9.03. The molecule has 1 unspecified atom stereocenters. The minimum absolute atomic E-state index is 0.0292. The Bertz CT molecular complexity index is 1190. The maximum absolute atomic E-state index is 14.4. The second-order valence-corrected chi connectivity index (χ2v) is 12.5. The van der Waals surface area contributed by atoms with Gasteiger partial charge < -0.3 is 14.5 Å². The largest absolute Gasteiger partial charge is 0.477 e. The Labute approximate surface area is 202 Å². The Balaban J connectivity index is 1.37. The summed E-state index contributed by atoms with van der Waals surface area (Å²) in [5.74, 6) is -2.05. The molecule has 0 radical (unpaired) electrons. The Kier molecular flexibility index (Phi) is 6.58. The highest BCUT2D eigenvalue weighted by Crippen LogP contribution is 2.31. The fourth-order valence-electron chi connectivity index (χ4n) is 4.20. The van der Waals surface area contributed by atoms with Gasteiger partial charge in [-0.2, -0.15) is 4.37 Å². The summed E-state index contributed by atoms with van der Waals surface area (Å²) in [6.45, 7) is 8.16. The number of carbonyl (C=O) groups is 1. The van der Waals surface area contributed by atoms with Crippen molar-refractivity contribution in [2.24, 2.45) is 0 Å². The second-order valence-electron chi connectivity index (χ2n) is 9.78. The monoisotopic (exact) mass is 514 g/mol. The van der Waals surface area contributed by atoms with E-state index in [0.29, 0.717) is 25.1 Å². The number of halogens is 2. The van der Waals surface area contributed by atoms with Gasteiger partial charge in [-0.25, -0.2) is 22.2 Å². The topological polar surface area (TPSA) is 92.7 Å². The fraction of sp³-hybridized carbons (Fsp3) is 0.591. The van der Waals surface area contributed by atoms with E-state index in [-0.39, 0.29) is 17.4 Å². The number of aromatic nitrogens is 2. The molecular weight excluding hydrogens is 486 g/mol. The van der Waals surface area contributed by atoms with Gasteiger partial charge in [-0.1, -0.05) is 20.8 Å². The smallest absolute Gasteiger partial charge is 0.263 e. The van der Waals surface area contributed by atoms with Gasteiger partial charge in [0, 0.05) is 61.4 Å². The highest BCUT2D eigenvalue weighted by atomic mass is 32.2. The normalized spacial score (nSPS) is 20.3. The molecule has 12 heteroatoms. The minimum Gasteiger partial charge on any atom is -0.477 e. The van der Waals surface area contributed by atoms with Crippen LogP contribution in [0.3, 0.4) is 0 Å². The standard InChI is InChI=1S/C22H28F2N4O4S2/c1-22(2,3)20-25-21(33-26-20)27-8-5-13(6-9-27)28-10-7-16(19(28)29)32-17-11-15(24)18(12-14(17)23)34(4,30)31/h11-13,16H,5-10H2,1-4H3. The van der Waals surface area contributed by atoms with Crippen LogP contribution in [0.4, 0.5) is 13.9 Å². The van der Waals surface area contributed by atoms with E-state index in [4.69, 9.17) is 4.74 Å². The number of carbonyl (C=O) groups excluding carboxylic acids is 1. The summed E-state index contributed by atoms with van der Waals surface area (Å²) in [6.07, 6.45) is 1.72. The lowest BCUT2D eigenvalue weighted by atomic mass is 9.96. The number of ether oxygens (including phenoxy) is 1. The van der Waals surface area contributed by atoms with Gasteiger partial charge in [0.1, 0.15) is 16.5 Å². The van der Waals surface area contributed by atoms with Gasteiger partial charge in [-0.05, 0) is 18.9 Å². The van der Waals surface area contributed by atoms with Crippen LogP contribution in [0.15, 0.2) is 17.0 Å². The van der Waals surface area contributed by atoms with Crippen LogP contribution in [0.1, 0.15) is 45.9 Å². The summed E-state index contributed by atoms with van der Waals surface area (Å²) in [4.78, 5) is 20.8. The summed E-state index contributed by atoms with van der Waals surface area (Å²) in [5.41, 5.74) is -0.114. The number of anilines is 1. The molecule has 0 saturated carbocycles. The summed E-state index contributed by atoms with van der Waals surface area (Å²) in [7, 11) is -3.92. The van der Waals surface area contributed by atoms with Gasteiger partial charge in [0.25, 0.3) is 5.91 Å². The van der Waals surface area contributed by atoms with Crippen molar-refractivity contribution in [3.8, 4) is 5.75 Å². The zero-order valence-corrected chi connectivity index (χ0v) is 21.2. The molecule has 2 aliphatic rings. The number of amides is 1. The zero-order valence-electron chi connectivity index (χ0n) is 19.5. The fourth-order valence-corrected chi connectivity index (χ4v) is 5.84. The van der Waals surface area contributed by atoms with Gasteiger partial charge in [0.05, 0.1) is 0 Å². The van der Waals surface area contributed by atoms with Crippen molar-refractivity contribution in [1.29, 1.82) is 0 Å². The van der Waals surface area contributed by atoms with Crippen molar-refractivity contribution < 1.29 is 26.7 Å². The van der Waals surface area contributed by atoms with E-state index in [2.05, 4.69) is 35.0 Å². The quantitative estimate of drug-likeness (QED) is 0.605. The molecule has 1 aromatic heterocycles. The molecule has 8 nitrogen and oxygen atoms in total. The van der Waals surface area contributed by atoms with Crippen LogP contribution in [0.5, 0.6) is 5.75 Å². The molecule has 3 heterocycles. The van der Waals surface area contributed by atoms with Crippen molar-refractivity contribution >= 4 is 32.4 Å². The number of rotatable bonds is 5. The lowest BCUT2D eigenvalue weighted by Gasteiger charge is -2.36. The van der Waals surface area contributed by atoms with Crippen LogP contribution in [0.25, 0.3) is 0 Å². The molecule has 186 valence electrons. The van der Waals surface area contributed by atoms with E-state index in [0.717, 1.165) is 43.1 Å². The first-order valence-corrected chi connectivity index (χ1v) is 13.8. The molecule has 1 amide bonds. The van der Waals surface area contributed by atoms with E-state index in [9.17, 15) is 22.0 Å². The van der Waals surface area contributed by atoms with Crippen LogP contribution >= 0.6 is 11.5 Å². The number of likely N-dealkylation sites (tertiary alicyclic amines) is 1. The molecule has 2 fully saturated rings. The Hall–Kier alpha value is -2.34. The first kappa shape index (κ1) is 24.8. The number of piperidine rings is 1. The number of sulfone groups is 1. The minimum atomic E-state index is -3.92. The van der Waals surface area contributed by atoms with Crippen LogP contribution in [0, 0.1) is 11.6 Å². The zero-order chi connectivity index (χ0) is 24.8. The van der Waals surface area contributed by atoms with Crippen molar-refractivity contribution in [2.75, 3.05) is 30.8 Å². The van der Waals surface area contributed by atoms with Gasteiger partial charge in [0.15, 0.2) is 27.5 Å². The van der Waals surface area contributed by atoms with Gasteiger partial charge in [-0.3, -0.25) is 4.79 Å². The van der Waals surface area contributed by atoms with Crippen molar-refractivity contribution in [3.05, 3.63) is 29.6 Å². The third kappa shape index (κ3) is 5.02. The molecule has 34 heavy (non-hydrogen) atoms. The third-order valence-corrected chi connectivity index (χ3v) is 8.00. The summed E-state index contributed by atoms with van der Waals surface area (Å²) in [5, 5.41) is 0.882. The van der Waals surface area contributed by atoms with Crippen LogP contribution in [-0.2, 0) is 20.0 Å². The van der Waals surface area contributed by atoms with Crippen LogP contribution in [-0.4, -0.2) is 66.6 Å². The van der Waals surface area contributed by atoms with E-state index in [1.165, 1.54) is 11.5 Å². The molecular formula is C22H28F2N4O4S2. The SMILES string of the molecule is CC(C)(C)c1nsc(N2CCC(N3CCC(Oc4cc(F)c(S(C)(=O)=O)cc4F)C3=O)CC2)n1. The molecule has 1 atom stereocenters. The van der Waals surface area contributed by atoms with E-state index in [1.807, 2.05) is 0 Å². The molecule has 0 spiro atoms. The lowest BCUT2D eigenvalue weighted by Crippen LogP contribution is -2.47. The average molecular weight is 515 g/mol. The number of benzene rings is 1. The number of nitrogens with zero attached hydrogens (tertiary/aromatic N) is 4. The first-order chi connectivity index (χ1) is 15.8. The highest BCUT2D eigenvalue weighted by Gasteiger charge is 2.39. The number of hydrogen-bond donors (Lipinski definition) is 0. The Morgan fingerprint density at radius 3 is 2.35 bits per heavy atom. The summed E-state index contributed by atoms with van der Waals surface area (Å²) in [6, 6.07) is 1.31. The summed E-state index contributed by atoms with van der Waals surface area (Å²) >= 11 is 1.38. The number of hydrogen-bond acceptors (Lipinski definition) is 8. The predicted molar refractivity (Wildman–Crippen MR) is 124 cm³/mol. The maximum Gasteiger partial charge on any atom is 0.263 e. The molecule has 1 aromatic carbocycles. The predicted octanol–water partition coefficient (Wildman–Crippen LogP) is 3.17. The van der Waals surface area contributed by atoms with Crippen molar-refractivity contribution in [2.45, 2.75) is 62.5 Å². The molecule has 2 saturated heterocycles. The van der Waals surface area contributed by atoms with Crippen LogP contribution in [0.2, 0.25) is 0 Å². The molecule has 0 N–H and O–H groups in total. The molecule has 2 aliphatic heterocycles. The summed E-state index contributed by atoms with van der Waals surface area (Å²) < 4.78 is 61.6. The van der Waals surface area contributed by atoms with Gasteiger partial charge in [0.2, 0.25) is 5.13 Å². The Morgan fingerprint density at radius 1 is 1.09 bits per heavy atom. The van der Waals surface area contributed by atoms with Gasteiger partial charge in [-0.15, -0.1) is 0 Å². The Morgan fingerprint density at radius 2 is 1.76 bits per heavy atom. The van der Waals surface area contributed by atoms with E-state index >= 15 is 0 Å². The van der Waals surface area contributed by atoms with Crippen molar-refractivity contribution in [1.82, 2.24) is 14.3 Å². The molecule has 4 rings (SSSR count).